The standard InChI is InChI=1S/C23H19N3O3/c1-15-4-6-18(7-5-15)21(27)19-20(17-8-11-24-12-9-17)26(23(29)22(19)28)14-16-3-2-10-25-13-16/h2-13,20,27H,14H2,1H3/t20-/m1/s1. The topological polar surface area (TPSA) is 83.4 Å². The zero-order valence-corrected chi connectivity index (χ0v) is 15.8. The fraction of sp³-hybridized carbons (Fsp3) is 0.130. The lowest BCUT2D eigenvalue weighted by Gasteiger charge is -2.25. The van der Waals surface area contributed by atoms with E-state index in [1.807, 2.05) is 25.1 Å². The van der Waals surface area contributed by atoms with Crippen LogP contribution in [0.4, 0.5) is 0 Å². The van der Waals surface area contributed by atoms with E-state index in [1.54, 1.807) is 55.1 Å². The zero-order chi connectivity index (χ0) is 20.4. The monoisotopic (exact) mass is 385 g/mol. The number of pyridine rings is 2. The van der Waals surface area contributed by atoms with E-state index in [1.165, 1.54) is 4.90 Å². The Hall–Kier alpha value is -3.80. The summed E-state index contributed by atoms with van der Waals surface area (Å²) in [6.07, 6.45) is 6.51. The van der Waals surface area contributed by atoms with E-state index < -0.39 is 17.7 Å². The van der Waals surface area contributed by atoms with Gasteiger partial charge in [0.1, 0.15) is 5.76 Å². The van der Waals surface area contributed by atoms with Gasteiger partial charge in [-0.3, -0.25) is 19.6 Å². The van der Waals surface area contributed by atoms with Crippen molar-refractivity contribution in [3.63, 3.8) is 0 Å². The molecule has 6 heteroatoms. The summed E-state index contributed by atoms with van der Waals surface area (Å²) in [6.45, 7) is 2.14. The molecule has 0 spiro atoms. The second-order valence-electron chi connectivity index (χ2n) is 6.93. The number of carbonyl (C=O) groups is 2. The molecule has 3 heterocycles. The summed E-state index contributed by atoms with van der Waals surface area (Å²) in [5.74, 6) is -1.53. The Morgan fingerprint density at radius 3 is 2.38 bits per heavy atom. The van der Waals surface area contributed by atoms with Gasteiger partial charge >= 0.3 is 0 Å². The lowest BCUT2D eigenvalue weighted by molar-refractivity contribution is -0.140. The molecule has 1 atom stereocenters. The number of aryl methyl sites for hydroxylation is 1. The number of carbonyl (C=O) groups excluding carboxylic acids is 2. The first-order valence-electron chi connectivity index (χ1n) is 9.20. The number of benzene rings is 1. The molecule has 1 N–H and O–H groups in total. The van der Waals surface area contributed by atoms with Crippen LogP contribution in [-0.4, -0.2) is 31.7 Å². The Bertz CT molecular complexity index is 1080. The van der Waals surface area contributed by atoms with E-state index in [0.29, 0.717) is 11.1 Å². The van der Waals surface area contributed by atoms with Crippen molar-refractivity contribution in [2.75, 3.05) is 0 Å². The molecule has 3 aromatic rings. The van der Waals surface area contributed by atoms with Gasteiger partial charge in [0.05, 0.1) is 11.6 Å². The van der Waals surface area contributed by atoms with Crippen molar-refractivity contribution in [2.24, 2.45) is 0 Å². The van der Waals surface area contributed by atoms with Crippen LogP contribution in [0.3, 0.4) is 0 Å². The van der Waals surface area contributed by atoms with Crippen molar-refractivity contribution in [3.8, 4) is 0 Å². The van der Waals surface area contributed by atoms with Gasteiger partial charge < -0.3 is 10.0 Å². The van der Waals surface area contributed by atoms with Gasteiger partial charge in [-0.2, -0.15) is 0 Å². The summed E-state index contributed by atoms with van der Waals surface area (Å²) in [7, 11) is 0. The van der Waals surface area contributed by atoms with E-state index >= 15 is 0 Å². The first kappa shape index (κ1) is 18.6. The minimum Gasteiger partial charge on any atom is -0.507 e. The van der Waals surface area contributed by atoms with Crippen LogP contribution in [0.25, 0.3) is 5.76 Å². The fourth-order valence-corrected chi connectivity index (χ4v) is 3.49. The Kier molecular flexibility index (Phi) is 4.91. The maximum atomic E-state index is 12.9. The predicted molar refractivity (Wildman–Crippen MR) is 107 cm³/mol. The van der Waals surface area contributed by atoms with Crippen LogP contribution in [-0.2, 0) is 16.1 Å². The Labute approximate surface area is 168 Å². The Morgan fingerprint density at radius 1 is 1.00 bits per heavy atom. The first-order chi connectivity index (χ1) is 14.1. The molecular formula is C23H19N3O3. The number of aliphatic hydroxyl groups is 1. The number of nitrogens with zero attached hydrogens (tertiary/aromatic N) is 3. The molecule has 1 fully saturated rings. The van der Waals surface area contributed by atoms with Crippen molar-refractivity contribution < 1.29 is 14.7 Å². The number of likely N-dealkylation sites (tertiary alicyclic amines) is 1. The minimum atomic E-state index is -0.709. The molecule has 1 aliphatic rings. The molecule has 1 saturated heterocycles. The molecule has 0 unspecified atom stereocenters. The number of aromatic nitrogens is 2. The highest BCUT2D eigenvalue weighted by atomic mass is 16.3. The summed E-state index contributed by atoms with van der Waals surface area (Å²) in [6, 6.07) is 13.6. The van der Waals surface area contributed by atoms with Crippen LogP contribution in [0.15, 0.2) is 78.9 Å². The van der Waals surface area contributed by atoms with E-state index in [9.17, 15) is 14.7 Å². The Morgan fingerprint density at radius 2 is 1.72 bits per heavy atom. The molecule has 0 bridgehead atoms. The average molecular weight is 385 g/mol. The molecule has 29 heavy (non-hydrogen) atoms. The second kappa shape index (κ2) is 7.67. The van der Waals surface area contributed by atoms with E-state index in [4.69, 9.17) is 0 Å². The highest BCUT2D eigenvalue weighted by Crippen LogP contribution is 2.40. The maximum absolute atomic E-state index is 12.9. The van der Waals surface area contributed by atoms with E-state index in [2.05, 4.69) is 9.97 Å². The second-order valence-corrected chi connectivity index (χ2v) is 6.93. The minimum absolute atomic E-state index is 0.0777. The molecule has 1 amide bonds. The maximum Gasteiger partial charge on any atom is 0.295 e. The van der Waals surface area contributed by atoms with E-state index in [0.717, 1.165) is 11.1 Å². The lowest BCUT2D eigenvalue weighted by Crippen LogP contribution is -2.29. The van der Waals surface area contributed by atoms with Crippen molar-refractivity contribution in [1.82, 2.24) is 14.9 Å². The third-order valence-corrected chi connectivity index (χ3v) is 4.96. The normalized spacial score (nSPS) is 18.2. The molecule has 0 saturated carbocycles. The fourth-order valence-electron chi connectivity index (χ4n) is 3.49. The molecular weight excluding hydrogens is 366 g/mol. The van der Waals surface area contributed by atoms with Gasteiger partial charge in [0, 0.05) is 36.9 Å². The van der Waals surface area contributed by atoms with Crippen LogP contribution < -0.4 is 0 Å². The highest BCUT2D eigenvalue weighted by molar-refractivity contribution is 6.46. The molecule has 0 aliphatic carbocycles. The van der Waals surface area contributed by atoms with Crippen LogP contribution in [0.5, 0.6) is 0 Å². The molecule has 1 aliphatic heterocycles. The molecule has 0 radical (unpaired) electrons. The number of amides is 1. The van der Waals surface area contributed by atoms with Gasteiger partial charge in [0.15, 0.2) is 0 Å². The summed E-state index contributed by atoms with van der Waals surface area (Å²) in [4.78, 5) is 35.4. The first-order valence-corrected chi connectivity index (χ1v) is 9.20. The SMILES string of the molecule is Cc1ccc(C(O)=C2C(=O)C(=O)N(Cc3cccnc3)[C@@H]2c2ccncc2)cc1. The average Bonchev–Trinajstić information content (AvgIpc) is 3.00. The highest BCUT2D eigenvalue weighted by Gasteiger charge is 2.46. The number of aliphatic hydroxyl groups excluding tert-OH is 1. The molecule has 1 aromatic carbocycles. The van der Waals surface area contributed by atoms with Crippen LogP contribution in [0, 0.1) is 6.92 Å². The third-order valence-electron chi connectivity index (χ3n) is 4.96. The Balaban J connectivity index is 1.85. The van der Waals surface area contributed by atoms with Crippen molar-refractivity contribution in [2.45, 2.75) is 19.5 Å². The number of hydrogen-bond acceptors (Lipinski definition) is 5. The summed E-state index contributed by atoms with van der Waals surface area (Å²) in [5, 5.41) is 11.0. The molecule has 144 valence electrons. The largest absolute Gasteiger partial charge is 0.507 e. The van der Waals surface area contributed by atoms with Gasteiger partial charge in [-0.25, -0.2) is 0 Å². The molecule has 6 nitrogen and oxygen atoms in total. The number of rotatable bonds is 4. The molecule has 4 rings (SSSR count). The van der Waals surface area contributed by atoms with Gasteiger partial charge in [0.2, 0.25) is 0 Å². The van der Waals surface area contributed by atoms with Crippen LogP contribution >= 0.6 is 0 Å². The van der Waals surface area contributed by atoms with Gasteiger partial charge in [-0.1, -0.05) is 35.9 Å². The summed E-state index contributed by atoms with van der Waals surface area (Å²) >= 11 is 0. The van der Waals surface area contributed by atoms with E-state index in [-0.39, 0.29) is 17.9 Å². The summed E-state index contributed by atoms with van der Waals surface area (Å²) in [5.41, 5.74) is 3.10. The quantitative estimate of drug-likeness (QED) is 0.423. The van der Waals surface area contributed by atoms with Crippen molar-refractivity contribution in [3.05, 3.63) is 101 Å². The number of Topliss-reactive ketones (excluding diaryl/α,β-unsaturated/α-hetero) is 1. The van der Waals surface area contributed by atoms with Crippen LogP contribution in [0.1, 0.15) is 28.3 Å². The van der Waals surface area contributed by atoms with Gasteiger partial charge in [0.25, 0.3) is 11.7 Å². The zero-order valence-electron chi connectivity index (χ0n) is 15.8. The number of ketones is 1. The summed E-state index contributed by atoms with van der Waals surface area (Å²) < 4.78 is 0. The lowest BCUT2D eigenvalue weighted by atomic mass is 9.95. The van der Waals surface area contributed by atoms with Crippen LogP contribution in [0.2, 0.25) is 0 Å². The van der Waals surface area contributed by atoms with Crippen molar-refractivity contribution >= 4 is 17.4 Å². The predicted octanol–water partition coefficient (Wildman–Crippen LogP) is 3.41. The number of hydrogen-bond donors (Lipinski definition) is 1. The molecule has 2 aromatic heterocycles. The van der Waals surface area contributed by atoms with Gasteiger partial charge in [-0.15, -0.1) is 0 Å². The van der Waals surface area contributed by atoms with Gasteiger partial charge in [-0.05, 0) is 36.2 Å². The smallest absolute Gasteiger partial charge is 0.295 e. The van der Waals surface area contributed by atoms with Crippen molar-refractivity contribution in [1.29, 1.82) is 0 Å². The third kappa shape index (κ3) is 3.52.